The van der Waals surface area contributed by atoms with Crippen LogP contribution in [0.2, 0.25) is 0 Å². The third kappa shape index (κ3) is 6.32. The zero-order valence-corrected chi connectivity index (χ0v) is 38.1. The SMILES string of the molecule is c1ccc(-c2ccc(-c3ccc(N(c4ccccc4)c4ccc(-c5ccc6c(c5)-c5ccccc5C65c6ccccc6C(c6ccccc6)(c6ccccc6)c6ccccc65)cc4)cc3)cc2)cc1. The third-order valence-corrected chi connectivity index (χ3v) is 14.9. The fourth-order valence-corrected chi connectivity index (χ4v) is 11.9. The van der Waals surface area contributed by atoms with E-state index >= 15 is 0 Å². The van der Waals surface area contributed by atoms with Crippen molar-refractivity contribution >= 4 is 17.1 Å². The lowest BCUT2D eigenvalue weighted by atomic mass is 9.51. The second-order valence-corrected chi connectivity index (χ2v) is 18.3. The zero-order valence-electron chi connectivity index (χ0n) is 38.1. The van der Waals surface area contributed by atoms with Gasteiger partial charge in [0.15, 0.2) is 0 Å². The predicted molar refractivity (Wildman–Crippen MR) is 287 cm³/mol. The molecule has 0 saturated heterocycles. The number of fused-ring (bicyclic) bond motifs is 9. The largest absolute Gasteiger partial charge is 0.311 e. The Morgan fingerprint density at radius 1 is 0.203 bits per heavy atom. The topological polar surface area (TPSA) is 3.24 Å². The Hall–Kier alpha value is -8.78. The van der Waals surface area contributed by atoms with Gasteiger partial charge < -0.3 is 4.90 Å². The Morgan fingerprint density at radius 2 is 0.522 bits per heavy atom. The van der Waals surface area contributed by atoms with Crippen molar-refractivity contribution in [2.75, 3.05) is 4.90 Å². The van der Waals surface area contributed by atoms with E-state index in [9.17, 15) is 0 Å². The van der Waals surface area contributed by atoms with Crippen LogP contribution in [-0.2, 0) is 10.8 Å². The van der Waals surface area contributed by atoms with Crippen molar-refractivity contribution in [2.24, 2.45) is 0 Å². The average molecular weight is 878 g/mol. The smallest absolute Gasteiger partial charge is 0.0720 e. The molecule has 324 valence electrons. The summed E-state index contributed by atoms with van der Waals surface area (Å²) in [5.74, 6) is 0. The van der Waals surface area contributed by atoms with Gasteiger partial charge in [-0.2, -0.15) is 0 Å². The summed E-state index contributed by atoms with van der Waals surface area (Å²) in [6, 6.07) is 105. The van der Waals surface area contributed by atoms with Gasteiger partial charge in [-0.1, -0.05) is 243 Å². The van der Waals surface area contributed by atoms with Gasteiger partial charge in [0.25, 0.3) is 0 Å². The van der Waals surface area contributed by atoms with E-state index in [0.29, 0.717) is 0 Å². The molecule has 0 bridgehead atoms. The summed E-state index contributed by atoms with van der Waals surface area (Å²) in [5.41, 5.74) is 22.5. The van der Waals surface area contributed by atoms with E-state index in [0.717, 1.165) is 17.1 Å². The van der Waals surface area contributed by atoms with Crippen LogP contribution in [0, 0.1) is 0 Å². The van der Waals surface area contributed by atoms with Crippen LogP contribution in [0.15, 0.2) is 285 Å². The Labute approximate surface area is 404 Å². The first kappa shape index (κ1) is 40.5. The lowest BCUT2D eigenvalue weighted by Gasteiger charge is -2.50. The highest BCUT2D eigenvalue weighted by atomic mass is 15.1. The minimum Gasteiger partial charge on any atom is -0.311 e. The average Bonchev–Trinajstić information content (AvgIpc) is 3.73. The molecule has 0 unspecified atom stereocenters. The van der Waals surface area contributed by atoms with Gasteiger partial charge in [0.1, 0.15) is 0 Å². The van der Waals surface area contributed by atoms with Crippen LogP contribution >= 0.6 is 0 Å². The number of hydrogen-bond donors (Lipinski definition) is 0. The Morgan fingerprint density at radius 3 is 1.01 bits per heavy atom. The van der Waals surface area contributed by atoms with Crippen LogP contribution in [0.1, 0.15) is 44.5 Å². The number of benzene rings is 11. The van der Waals surface area contributed by atoms with Crippen molar-refractivity contribution in [2.45, 2.75) is 10.8 Å². The molecule has 0 aliphatic heterocycles. The molecule has 1 spiro atoms. The normalized spacial score (nSPS) is 13.4. The van der Waals surface area contributed by atoms with Gasteiger partial charge in [-0.05, 0) is 131 Å². The maximum atomic E-state index is 2.44. The number of nitrogens with zero attached hydrogens (tertiary/aromatic N) is 1. The highest BCUT2D eigenvalue weighted by molar-refractivity contribution is 5.92. The number of rotatable bonds is 8. The maximum Gasteiger partial charge on any atom is 0.0720 e. The molecule has 0 fully saturated rings. The van der Waals surface area contributed by atoms with E-state index in [2.05, 4.69) is 290 Å². The van der Waals surface area contributed by atoms with E-state index in [4.69, 9.17) is 0 Å². The molecular formula is C68H47N. The van der Waals surface area contributed by atoms with Gasteiger partial charge in [-0.3, -0.25) is 0 Å². The van der Waals surface area contributed by atoms with Crippen LogP contribution in [-0.4, -0.2) is 0 Å². The first-order chi connectivity index (χ1) is 34.2. The maximum absolute atomic E-state index is 2.44. The molecule has 0 radical (unpaired) electrons. The summed E-state index contributed by atoms with van der Waals surface area (Å²) in [7, 11) is 0. The standard InChI is InChI=1S/C68H47N/c1-5-19-48(20-6-1)49-33-35-50(36-34-49)51-37-42-57(43-38-51)69(56-25-11-4-12-26-56)58-44-39-52(40-45-58)53-41-46-62-60(47-53)59-27-13-14-28-61(59)68(62)65-31-17-15-29-63(65)67(54-21-7-2-8-22-54,55-23-9-3-10-24-55)64-30-16-18-32-66(64)68/h1-47H. The van der Waals surface area contributed by atoms with Crippen molar-refractivity contribution < 1.29 is 0 Å². The highest BCUT2D eigenvalue weighted by Gasteiger charge is 2.56. The number of para-hydroxylation sites is 1. The van der Waals surface area contributed by atoms with E-state index in [1.807, 2.05) is 0 Å². The minimum atomic E-state index is -0.523. The summed E-state index contributed by atoms with van der Waals surface area (Å²) < 4.78 is 0. The monoisotopic (exact) mass is 877 g/mol. The first-order valence-electron chi connectivity index (χ1n) is 24.0. The molecular weight excluding hydrogens is 831 g/mol. The molecule has 0 atom stereocenters. The van der Waals surface area contributed by atoms with Crippen molar-refractivity contribution in [1.29, 1.82) is 0 Å². The summed E-state index contributed by atoms with van der Waals surface area (Å²) in [6.45, 7) is 0. The van der Waals surface area contributed by atoms with E-state index < -0.39 is 10.8 Å². The van der Waals surface area contributed by atoms with Crippen molar-refractivity contribution in [1.82, 2.24) is 0 Å². The molecule has 1 nitrogen and oxygen atoms in total. The highest BCUT2D eigenvalue weighted by Crippen LogP contribution is 2.64. The molecule has 0 amide bonds. The summed E-state index contributed by atoms with van der Waals surface area (Å²) >= 11 is 0. The van der Waals surface area contributed by atoms with Crippen molar-refractivity contribution in [3.8, 4) is 44.5 Å². The van der Waals surface area contributed by atoms with Gasteiger partial charge in [-0.15, -0.1) is 0 Å². The predicted octanol–water partition coefficient (Wildman–Crippen LogP) is 17.2. The van der Waals surface area contributed by atoms with Crippen molar-refractivity contribution in [3.05, 3.63) is 330 Å². The molecule has 0 aromatic heterocycles. The lowest BCUT2D eigenvalue weighted by molar-refractivity contribution is 0.623. The lowest BCUT2D eigenvalue weighted by Crippen LogP contribution is -2.44. The van der Waals surface area contributed by atoms with Gasteiger partial charge in [0, 0.05) is 17.1 Å². The molecule has 2 aliphatic rings. The van der Waals surface area contributed by atoms with Gasteiger partial charge >= 0.3 is 0 Å². The molecule has 13 rings (SSSR count). The molecule has 11 aromatic carbocycles. The number of anilines is 3. The fraction of sp³-hybridized carbons (Fsp3) is 0.0294. The van der Waals surface area contributed by atoms with Gasteiger partial charge in [0.05, 0.1) is 10.8 Å². The van der Waals surface area contributed by atoms with Crippen LogP contribution in [0.25, 0.3) is 44.5 Å². The second-order valence-electron chi connectivity index (χ2n) is 18.3. The van der Waals surface area contributed by atoms with E-state index in [1.165, 1.54) is 89.0 Å². The van der Waals surface area contributed by atoms with Crippen LogP contribution in [0.3, 0.4) is 0 Å². The van der Waals surface area contributed by atoms with Crippen LogP contribution < -0.4 is 4.90 Å². The van der Waals surface area contributed by atoms with E-state index in [-0.39, 0.29) is 0 Å². The Kier molecular flexibility index (Phi) is 9.70. The minimum absolute atomic E-state index is 0.522. The molecule has 0 N–H and O–H groups in total. The molecule has 1 heteroatoms. The van der Waals surface area contributed by atoms with Crippen LogP contribution in [0.4, 0.5) is 17.1 Å². The summed E-state index contributed by atoms with van der Waals surface area (Å²) in [4.78, 5) is 2.34. The molecule has 0 saturated carbocycles. The molecule has 0 heterocycles. The third-order valence-electron chi connectivity index (χ3n) is 14.9. The van der Waals surface area contributed by atoms with Gasteiger partial charge in [0.2, 0.25) is 0 Å². The Balaban J connectivity index is 0.901. The van der Waals surface area contributed by atoms with Crippen LogP contribution in [0.5, 0.6) is 0 Å². The summed E-state index contributed by atoms with van der Waals surface area (Å²) in [6.07, 6.45) is 0. The quantitative estimate of drug-likeness (QED) is 0.147. The summed E-state index contributed by atoms with van der Waals surface area (Å²) in [5, 5.41) is 0. The Bertz CT molecular complexity index is 3530. The fourth-order valence-electron chi connectivity index (χ4n) is 11.9. The molecule has 69 heavy (non-hydrogen) atoms. The second kappa shape index (κ2) is 16.5. The first-order valence-corrected chi connectivity index (χ1v) is 24.0. The number of hydrogen-bond acceptors (Lipinski definition) is 1. The van der Waals surface area contributed by atoms with E-state index in [1.54, 1.807) is 0 Å². The van der Waals surface area contributed by atoms with Crippen molar-refractivity contribution in [3.63, 3.8) is 0 Å². The molecule has 11 aromatic rings. The van der Waals surface area contributed by atoms with Gasteiger partial charge in [-0.25, -0.2) is 0 Å². The zero-order chi connectivity index (χ0) is 45.8. The molecule has 2 aliphatic carbocycles.